The molecule has 0 saturated carbocycles. The number of carboxylic acids is 2. The molecule has 0 aromatic heterocycles. The molecule has 9 heteroatoms. The van der Waals surface area contributed by atoms with Crippen LogP contribution in [0.4, 0.5) is 13.2 Å². The van der Waals surface area contributed by atoms with E-state index in [4.69, 9.17) is 24.5 Å². The van der Waals surface area contributed by atoms with Crippen molar-refractivity contribution in [3.8, 4) is 5.75 Å². The number of halogens is 3. The highest BCUT2D eigenvalue weighted by atomic mass is 19.4. The molecule has 0 spiro atoms. The maximum Gasteiger partial charge on any atom is 0.419 e. The molecular formula is C16H18F3NO5. The predicted octanol–water partition coefficient (Wildman–Crippen LogP) is 2.33. The first-order valence-electron chi connectivity index (χ1n) is 7.70. The monoisotopic (exact) mass is 361 g/mol. The fourth-order valence-corrected chi connectivity index (χ4v) is 3.01. The zero-order valence-electron chi connectivity index (χ0n) is 13.2. The molecule has 25 heavy (non-hydrogen) atoms. The number of alkyl halides is 3. The van der Waals surface area contributed by atoms with E-state index in [1.54, 1.807) is 6.07 Å². The van der Waals surface area contributed by atoms with Crippen LogP contribution in [0.5, 0.6) is 5.75 Å². The molecule has 1 unspecified atom stereocenters. The summed E-state index contributed by atoms with van der Waals surface area (Å²) in [4.78, 5) is 20.5. The van der Waals surface area contributed by atoms with Gasteiger partial charge in [-0.05, 0) is 44.0 Å². The first-order valence-corrected chi connectivity index (χ1v) is 7.70. The lowest BCUT2D eigenvalue weighted by Crippen LogP contribution is -2.52. The summed E-state index contributed by atoms with van der Waals surface area (Å²) in [6.07, 6.45) is -2.41. The highest BCUT2D eigenvalue weighted by molar-refractivity contribution is 6.27. The lowest BCUT2D eigenvalue weighted by molar-refractivity contribution is -0.159. The molecular weight excluding hydrogens is 343 g/mol. The lowest BCUT2D eigenvalue weighted by atomic mass is 9.86. The molecule has 1 aromatic rings. The minimum Gasteiger partial charge on any atom is -0.488 e. The van der Waals surface area contributed by atoms with Crippen molar-refractivity contribution in [2.45, 2.75) is 25.1 Å². The molecule has 1 atom stereocenters. The Morgan fingerprint density at radius 1 is 1.08 bits per heavy atom. The zero-order chi connectivity index (χ0) is 18.6. The van der Waals surface area contributed by atoms with Crippen LogP contribution in [0.25, 0.3) is 0 Å². The second kappa shape index (κ2) is 7.73. The first-order chi connectivity index (χ1) is 11.7. The summed E-state index contributed by atoms with van der Waals surface area (Å²) in [6, 6.07) is 5.48. The van der Waals surface area contributed by atoms with E-state index in [0.29, 0.717) is 5.92 Å². The Morgan fingerprint density at radius 2 is 1.64 bits per heavy atom. The molecule has 2 bridgehead atoms. The van der Waals surface area contributed by atoms with Crippen LogP contribution in [0.2, 0.25) is 0 Å². The summed E-state index contributed by atoms with van der Waals surface area (Å²) in [6.45, 7) is 2.84. The molecule has 3 aliphatic heterocycles. The number of para-hydroxylation sites is 1. The Labute approximate surface area is 141 Å². The molecule has 4 rings (SSSR count). The van der Waals surface area contributed by atoms with E-state index < -0.39 is 23.7 Å². The van der Waals surface area contributed by atoms with Crippen molar-refractivity contribution >= 4 is 11.9 Å². The van der Waals surface area contributed by atoms with Crippen LogP contribution >= 0.6 is 0 Å². The second-order valence-corrected chi connectivity index (χ2v) is 5.90. The van der Waals surface area contributed by atoms with Crippen LogP contribution in [0.1, 0.15) is 18.4 Å². The number of piperidine rings is 3. The van der Waals surface area contributed by atoms with Crippen molar-refractivity contribution in [1.82, 2.24) is 4.90 Å². The molecule has 3 heterocycles. The van der Waals surface area contributed by atoms with E-state index in [9.17, 15) is 13.2 Å². The van der Waals surface area contributed by atoms with Gasteiger partial charge in [0.05, 0.1) is 5.56 Å². The number of benzene rings is 1. The number of aliphatic carboxylic acids is 2. The van der Waals surface area contributed by atoms with Gasteiger partial charge in [-0.15, -0.1) is 0 Å². The van der Waals surface area contributed by atoms with Crippen LogP contribution in [0.3, 0.4) is 0 Å². The van der Waals surface area contributed by atoms with E-state index in [1.807, 2.05) is 0 Å². The van der Waals surface area contributed by atoms with E-state index in [-0.39, 0.29) is 11.9 Å². The van der Waals surface area contributed by atoms with Crippen molar-refractivity contribution in [1.29, 1.82) is 0 Å². The lowest BCUT2D eigenvalue weighted by Gasteiger charge is -2.44. The van der Waals surface area contributed by atoms with E-state index in [2.05, 4.69) is 4.90 Å². The van der Waals surface area contributed by atoms with Gasteiger partial charge in [-0.2, -0.15) is 13.2 Å². The topological polar surface area (TPSA) is 87.1 Å². The number of hydrogen-bond donors (Lipinski definition) is 2. The van der Waals surface area contributed by atoms with Crippen LogP contribution in [0, 0.1) is 5.92 Å². The van der Waals surface area contributed by atoms with Crippen molar-refractivity contribution < 1.29 is 37.7 Å². The fourth-order valence-electron chi connectivity index (χ4n) is 3.01. The predicted molar refractivity (Wildman–Crippen MR) is 80.3 cm³/mol. The molecule has 6 nitrogen and oxygen atoms in total. The quantitative estimate of drug-likeness (QED) is 0.787. The Balaban J connectivity index is 0.000000326. The minimum atomic E-state index is -4.36. The van der Waals surface area contributed by atoms with E-state index >= 15 is 0 Å². The highest BCUT2D eigenvalue weighted by Gasteiger charge is 2.38. The van der Waals surface area contributed by atoms with Crippen LogP contribution in [-0.4, -0.2) is 52.8 Å². The minimum absolute atomic E-state index is 0.0336. The third-order valence-electron chi connectivity index (χ3n) is 4.25. The van der Waals surface area contributed by atoms with Crippen molar-refractivity contribution in [2.24, 2.45) is 5.92 Å². The molecule has 138 valence electrons. The SMILES string of the molecule is FC(F)(F)c1ccccc1OC1CN2CCC1CC2.O=C(O)C(=O)O. The highest BCUT2D eigenvalue weighted by Crippen LogP contribution is 2.38. The molecule has 3 saturated heterocycles. The maximum absolute atomic E-state index is 12.9. The summed E-state index contributed by atoms with van der Waals surface area (Å²) >= 11 is 0. The Kier molecular flexibility index (Phi) is 5.89. The average molecular weight is 361 g/mol. The fraction of sp³-hybridized carbons (Fsp3) is 0.500. The van der Waals surface area contributed by atoms with Gasteiger partial charge in [-0.3, -0.25) is 4.90 Å². The van der Waals surface area contributed by atoms with Gasteiger partial charge in [0.15, 0.2) is 0 Å². The number of nitrogens with zero attached hydrogens (tertiary/aromatic N) is 1. The summed E-state index contributed by atoms with van der Waals surface area (Å²) in [5, 5.41) is 14.8. The summed E-state index contributed by atoms with van der Waals surface area (Å²) in [7, 11) is 0. The van der Waals surface area contributed by atoms with Crippen LogP contribution < -0.4 is 4.74 Å². The van der Waals surface area contributed by atoms with Gasteiger partial charge in [-0.1, -0.05) is 12.1 Å². The molecule has 2 N–H and O–H groups in total. The van der Waals surface area contributed by atoms with Crippen molar-refractivity contribution in [3.05, 3.63) is 29.8 Å². The van der Waals surface area contributed by atoms with Crippen LogP contribution in [-0.2, 0) is 15.8 Å². The second-order valence-electron chi connectivity index (χ2n) is 5.90. The van der Waals surface area contributed by atoms with Gasteiger partial charge >= 0.3 is 18.1 Å². The van der Waals surface area contributed by atoms with Gasteiger partial charge in [0.25, 0.3) is 0 Å². The average Bonchev–Trinajstić information content (AvgIpc) is 2.56. The number of ether oxygens (including phenoxy) is 1. The van der Waals surface area contributed by atoms with Gasteiger partial charge in [0.1, 0.15) is 11.9 Å². The smallest absolute Gasteiger partial charge is 0.419 e. The Morgan fingerprint density at radius 3 is 2.08 bits per heavy atom. The Hall–Kier alpha value is -2.29. The third-order valence-corrected chi connectivity index (χ3v) is 4.25. The molecule has 3 fully saturated rings. The number of rotatable bonds is 2. The van der Waals surface area contributed by atoms with Crippen LogP contribution in [0.15, 0.2) is 24.3 Å². The molecule has 3 aliphatic rings. The van der Waals surface area contributed by atoms with E-state index in [1.165, 1.54) is 12.1 Å². The summed E-state index contributed by atoms with van der Waals surface area (Å²) in [5.41, 5.74) is -0.675. The maximum atomic E-state index is 12.9. The summed E-state index contributed by atoms with van der Waals surface area (Å²) < 4.78 is 44.4. The zero-order valence-corrected chi connectivity index (χ0v) is 13.2. The Bertz CT molecular complexity index is 614. The summed E-state index contributed by atoms with van der Waals surface area (Å²) in [5.74, 6) is -3.29. The van der Waals surface area contributed by atoms with Crippen molar-refractivity contribution in [2.75, 3.05) is 19.6 Å². The van der Waals surface area contributed by atoms with Gasteiger partial charge in [0.2, 0.25) is 0 Å². The molecule has 0 aliphatic carbocycles. The van der Waals surface area contributed by atoms with Gasteiger partial charge in [0, 0.05) is 6.54 Å². The molecule has 0 amide bonds. The molecule has 1 aromatic carbocycles. The third kappa shape index (κ3) is 5.09. The van der Waals surface area contributed by atoms with E-state index in [0.717, 1.165) is 38.5 Å². The molecule has 0 radical (unpaired) electrons. The largest absolute Gasteiger partial charge is 0.488 e. The first kappa shape index (κ1) is 19.0. The van der Waals surface area contributed by atoms with Crippen molar-refractivity contribution in [3.63, 3.8) is 0 Å². The van der Waals surface area contributed by atoms with Gasteiger partial charge < -0.3 is 14.9 Å². The number of hydrogen-bond acceptors (Lipinski definition) is 4. The standard InChI is InChI=1S/C14H16F3NO.C2H2O4/c15-14(16,17)11-3-1-2-4-12(11)19-13-9-18-7-5-10(13)6-8-18;3-1(4)2(5)6/h1-4,10,13H,5-9H2;(H,3,4)(H,5,6). The normalized spacial score (nSPS) is 24.8. The number of carboxylic acid groups (broad SMARTS) is 2. The van der Waals surface area contributed by atoms with Gasteiger partial charge in [-0.25, -0.2) is 9.59 Å². The number of carbonyl (C=O) groups is 2. The number of fused-ring (bicyclic) bond motifs is 3.